The smallest absolute Gasteiger partial charge is 0.335 e. The first-order chi connectivity index (χ1) is 15.0. The molecule has 0 spiro atoms. The van der Waals surface area contributed by atoms with Gasteiger partial charge in [-0.1, -0.05) is 36.8 Å². The average Bonchev–Trinajstić information content (AvgIpc) is 3.39. The first-order valence-electron chi connectivity index (χ1n) is 10.7. The fourth-order valence-electron chi connectivity index (χ4n) is 5.28. The molecule has 5 rings (SSSR count). The van der Waals surface area contributed by atoms with Gasteiger partial charge in [-0.3, -0.25) is 9.59 Å². The van der Waals surface area contributed by atoms with Crippen LogP contribution in [-0.2, 0) is 4.79 Å². The molecule has 1 aromatic heterocycles. The molecule has 3 atom stereocenters. The maximum atomic E-state index is 13.0. The minimum atomic E-state index is -1.01. The fourth-order valence-corrected chi connectivity index (χ4v) is 5.28. The summed E-state index contributed by atoms with van der Waals surface area (Å²) in [5.74, 6) is 0.555. The Kier molecular flexibility index (Phi) is 4.81. The summed E-state index contributed by atoms with van der Waals surface area (Å²) >= 11 is 0. The van der Waals surface area contributed by atoms with Gasteiger partial charge in [0.2, 0.25) is 5.91 Å². The average molecular weight is 417 g/mol. The van der Waals surface area contributed by atoms with E-state index in [4.69, 9.17) is 5.11 Å². The summed E-state index contributed by atoms with van der Waals surface area (Å²) in [7, 11) is 0. The molecule has 0 radical (unpaired) electrons. The van der Waals surface area contributed by atoms with Crippen molar-refractivity contribution in [3.05, 3.63) is 64.4 Å². The highest BCUT2D eigenvalue weighted by atomic mass is 16.4. The molecule has 7 heteroatoms. The number of fused-ring (bicyclic) bond motifs is 3. The number of rotatable bonds is 5. The molecule has 1 amide bonds. The fraction of sp³-hybridized carbons (Fsp3) is 0.333. The number of hydrogen-bond acceptors (Lipinski definition) is 4. The molecule has 3 aromatic rings. The van der Waals surface area contributed by atoms with E-state index in [0.29, 0.717) is 40.3 Å². The number of carbonyl (C=O) groups excluding carboxylic acids is 1. The molecule has 0 saturated heterocycles. The Balaban J connectivity index is 1.48. The van der Waals surface area contributed by atoms with Crippen LogP contribution in [0.4, 0.5) is 0 Å². The lowest BCUT2D eigenvalue weighted by Gasteiger charge is -2.21. The Hall–Kier alpha value is -3.48. The van der Waals surface area contributed by atoms with Crippen LogP contribution < -0.4 is 11.0 Å². The summed E-state index contributed by atoms with van der Waals surface area (Å²) in [6.07, 6.45) is 5.21. The zero-order valence-corrected chi connectivity index (χ0v) is 17.0. The second kappa shape index (κ2) is 7.65. The van der Waals surface area contributed by atoms with Gasteiger partial charge >= 0.3 is 5.97 Å². The SMILES string of the molecule is O=C(CC1CC2CCC1C2)Nn1nc(-c2ccc(C(=O)O)cc2)c2ccccc2c1=O. The van der Waals surface area contributed by atoms with Crippen LogP contribution in [0.5, 0.6) is 0 Å². The summed E-state index contributed by atoms with van der Waals surface area (Å²) in [5.41, 5.74) is 3.64. The predicted molar refractivity (Wildman–Crippen MR) is 116 cm³/mol. The van der Waals surface area contributed by atoms with Gasteiger partial charge in [0.25, 0.3) is 5.56 Å². The molecule has 2 aromatic carbocycles. The molecule has 2 bridgehead atoms. The first kappa shape index (κ1) is 19.5. The molecule has 0 aliphatic heterocycles. The summed E-state index contributed by atoms with van der Waals surface area (Å²) in [5, 5.41) is 14.7. The minimum absolute atomic E-state index is 0.167. The lowest BCUT2D eigenvalue weighted by Crippen LogP contribution is -2.36. The Morgan fingerprint density at radius 1 is 1.03 bits per heavy atom. The number of carbonyl (C=O) groups is 2. The van der Waals surface area contributed by atoms with Crippen LogP contribution in [0.25, 0.3) is 22.0 Å². The minimum Gasteiger partial charge on any atom is -0.478 e. The largest absolute Gasteiger partial charge is 0.478 e. The Bertz CT molecular complexity index is 1230. The molecule has 7 nitrogen and oxygen atoms in total. The van der Waals surface area contributed by atoms with Crippen LogP contribution in [0.1, 0.15) is 42.5 Å². The van der Waals surface area contributed by atoms with Crippen LogP contribution >= 0.6 is 0 Å². The van der Waals surface area contributed by atoms with E-state index in [1.807, 2.05) is 6.07 Å². The molecular formula is C24H23N3O4. The number of carboxylic acids is 1. The number of amides is 1. The standard InChI is InChI=1S/C24H23N3O4/c28-21(13-18-12-14-5-6-17(18)11-14)25-27-23(29)20-4-2-1-3-19(20)22(26-27)15-7-9-16(10-8-15)24(30)31/h1-4,7-10,14,17-18H,5-6,11-13H2,(H,25,28)(H,30,31). The predicted octanol–water partition coefficient (Wildman–Crippen LogP) is 3.66. The van der Waals surface area contributed by atoms with Crippen molar-refractivity contribution in [1.82, 2.24) is 9.89 Å². The van der Waals surface area contributed by atoms with E-state index in [2.05, 4.69) is 10.5 Å². The molecule has 2 aliphatic carbocycles. The van der Waals surface area contributed by atoms with Crippen molar-refractivity contribution in [2.24, 2.45) is 17.8 Å². The van der Waals surface area contributed by atoms with E-state index >= 15 is 0 Å². The number of benzene rings is 2. The van der Waals surface area contributed by atoms with E-state index in [1.165, 1.54) is 31.4 Å². The number of hydrogen-bond donors (Lipinski definition) is 2. The van der Waals surface area contributed by atoms with E-state index in [0.717, 1.165) is 17.1 Å². The van der Waals surface area contributed by atoms with Crippen molar-refractivity contribution in [3.63, 3.8) is 0 Å². The van der Waals surface area contributed by atoms with Gasteiger partial charge in [-0.15, -0.1) is 9.89 Å². The van der Waals surface area contributed by atoms with Crippen LogP contribution in [0.3, 0.4) is 0 Å². The number of carboxylic acid groups (broad SMARTS) is 1. The van der Waals surface area contributed by atoms with Crippen LogP contribution in [0.15, 0.2) is 53.3 Å². The first-order valence-corrected chi connectivity index (χ1v) is 10.7. The molecule has 2 fully saturated rings. The van der Waals surface area contributed by atoms with Gasteiger partial charge in [0.15, 0.2) is 0 Å². The highest BCUT2D eigenvalue weighted by Gasteiger charge is 2.40. The molecule has 2 aliphatic rings. The van der Waals surface area contributed by atoms with E-state index in [9.17, 15) is 14.4 Å². The second-order valence-electron chi connectivity index (χ2n) is 8.67. The van der Waals surface area contributed by atoms with Gasteiger partial charge in [-0.2, -0.15) is 0 Å². The van der Waals surface area contributed by atoms with Crippen molar-refractivity contribution < 1.29 is 14.7 Å². The molecule has 158 valence electrons. The number of nitrogens with one attached hydrogen (secondary N) is 1. The third-order valence-corrected chi connectivity index (χ3v) is 6.77. The molecule has 31 heavy (non-hydrogen) atoms. The van der Waals surface area contributed by atoms with Gasteiger partial charge < -0.3 is 5.11 Å². The summed E-state index contributed by atoms with van der Waals surface area (Å²) < 4.78 is 0. The van der Waals surface area contributed by atoms with E-state index < -0.39 is 5.97 Å². The Morgan fingerprint density at radius 3 is 2.42 bits per heavy atom. The van der Waals surface area contributed by atoms with Crippen molar-refractivity contribution in [2.45, 2.75) is 32.1 Å². The number of aromatic nitrogens is 2. The number of aromatic carboxylic acids is 1. The Morgan fingerprint density at radius 2 is 1.77 bits per heavy atom. The Labute approximate surface area is 178 Å². The lowest BCUT2D eigenvalue weighted by molar-refractivity contribution is -0.118. The molecule has 2 N–H and O–H groups in total. The van der Waals surface area contributed by atoms with Gasteiger partial charge in [0.05, 0.1) is 10.9 Å². The van der Waals surface area contributed by atoms with Gasteiger partial charge in [-0.05, 0) is 55.2 Å². The van der Waals surface area contributed by atoms with Crippen LogP contribution in [-0.4, -0.2) is 26.9 Å². The summed E-state index contributed by atoms with van der Waals surface area (Å²) in [6.45, 7) is 0. The van der Waals surface area contributed by atoms with Gasteiger partial charge in [-0.25, -0.2) is 10.2 Å². The second-order valence-corrected chi connectivity index (χ2v) is 8.67. The van der Waals surface area contributed by atoms with Crippen molar-refractivity contribution in [3.8, 4) is 11.3 Å². The molecule has 2 saturated carbocycles. The van der Waals surface area contributed by atoms with Gasteiger partial charge in [0.1, 0.15) is 5.69 Å². The zero-order chi connectivity index (χ0) is 21.5. The van der Waals surface area contributed by atoms with Crippen molar-refractivity contribution in [1.29, 1.82) is 0 Å². The normalized spacial score (nSPS) is 22.0. The zero-order valence-electron chi connectivity index (χ0n) is 17.0. The lowest BCUT2D eigenvalue weighted by atomic mass is 9.86. The van der Waals surface area contributed by atoms with E-state index in [1.54, 1.807) is 30.3 Å². The van der Waals surface area contributed by atoms with Crippen LogP contribution in [0, 0.1) is 17.8 Å². The molecular weight excluding hydrogens is 394 g/mol. The van der Waals surface area contributed by atoms with Crippen molar-refractivity contribution in [2.75, 3.05) is 5.43 Å². The van der Waals surface area contributed by atoms with Crippen LogP contribution in [0.2, 0.25) is 0 Å². The molecule has 1 heterocycles. The molecule has 3 unspecified atom stereocenters. The summed E-state index contributed by atoms with van der Waals surface area (Å²) in [6, 6.07) is 13.4. The van der Waals surface area contributed by atoms with Gasteiger partial charge in [0, 0.05) is 17.4 Å². The summed E-state index contributed by atoms with van der Waals surface area (Å²) in [4.78, 5) is 37.9. The topological polar surface area (TPSA) is 101 Å². The highest BCUT2D eigenvalue weighted by Crippen LogP contribution is 2.49. The maximum Gasteiger partial charge on any atom is 0.335 e. The van der Waals surface area contributed by atoms with Crippen molar-refractivity contribution >= 4 is 22.6 Å². The highest BCUT2D eigenvalue weighted by molar-refractivity contribution is 5.95. The maximum absolute atomic E-state index is 13.0. The third-order valence-electron chi connectivity index (χ3n) is 6.77. The van der Waals surface area contributed by atoms with E-state index in [-0.39, 0.29) is 17.0 Å². The quantitative estimate of drug-likeness (QED) is 0.660. The monoisotopic (exact) mass is 417 g/mol. The third kappa shape index (κ3) is 3.60. The number of nitrogens with zero attached hydrogens (tertiary/aromatic N) is 2.